The monoisotopic (exact) mass is 558 g/mol. The zero-order chi connectivity index (χ0) is 28.7. The number of rotatable bonds is 10. The maximum atomic E-state index is 11.3. The lowest BCUT2D eigenvalue weighted by molar-refractivity contribution is 0.0194. The molecular formula is C37H34O5. The van der Waals surface area contributed by atoms with Crippen LogP contribution in [-0.4, -0.2) is 11.2 Å². The smallest absolute Gasteiger partial charge is 0.162 e. The molecule has 0 bridgehead atoms. The van der Waals surface area contributed by atoms with Crippen molar-refractivity contribution in [3.63, 3.8) is 0 Å². The van der Waals surface area contributed by atoms with Gasteiger partial charge in [0.15, 0.2) is 11.5 Å². The lowest BCUT2D eigenvalue weighted by Crippen LogP contribution is -2.30. The summed E-state index contributed by atoms with van der Waals surface area (Å²) in [5.41, 5.74) is 5.93. The predicted octanol–water partition coefficient (Wildman–Crippen LogP) is 7.77. The summed E-state index contributed by atoms with van der Waals surface area (Å²) in [5, 5.41) is 11.3. The topological polar surface area (TPSA) is 57.2 Å². The normalized spacial score (nSPS) is 15.8. The molecule has 0 saturated heterocycles. The van der Waals surface area contributed by atoms with E-state index in [0.717, 1.165) is 44.9 Å². The summed E-state index contributed by atoms with van der Waals surface area (Å²) < 4.78 is 25.1. The van der Waals surface area contributed by atoms with Crippen molar-refractivity contribution in [2.24, 2.45) is 0 Å². The first kappa shape index (κ1) is 27.4. The molecule has 0 fully saturated rings. The van der Waals surface area contributed by atoms with Crippen LogP contribution < -0.4 is 18.9 Å². The van der Waals surface area contributed by atoms with E-state index in [9.17, 15) is 5.11 Å². The van der Waals surface area contributed by atoms with Crippen LogP contribution in [0, 0.1) is 6.92 Å². The minimum atomic E-state index is -0.766. The lowest BCUT2D eigenvalue weighted by atomic mass is 9.93. The number of ether oxygens (including phenoxy) is 4. The van der Waals surface area contributed by atoms with Gasteiger partial charge >= 0.3 is 0 Å². The summed E-state index contributed by atoms with van der Waals surface area (Å²) in [6.07, 6.45) is -0.919. The fraction of sp³-hybridized carbons (Fsp3) is 0.189. The van der Waals surface area contributed by atoms with E-state index in [-0.39, 0.29) is 0 Å². The van der Waals surface area contributed by atoms with Gasteiger partial charge < -0.3 is 24.1 Å². The molecule has 0 aliphatic carbocycles. The number of aliphatic hydroxyl groups excluding tert-OH is 1. The molecule has 0 amide bonds. The quantitative estimate of drug-likeness (QED) is 0.190. The summed E-state index contributed by atoms with van der Waals surface area (Å²) in [6.45, 7) is 3.28. The molecule has 212 valence electrons. The molecule has 2 unspecified atom stereocenters. The highest BCUT2D eigenvalue weighted by Gasteiger charge is 2.33. The highest BCUT2D eigenvalue weighted by Crippen LogP contribution is 2.42. The van der Waals surface area contributed by atoms with E-state index >= 15 is 0 Å². The second-order valence-electron chi connectivity index (χ2n) is 10.6. The molecule has 5 heteroatoms. The van der Waals surface area contributed by atoms with Gasteiger partial charge in [-0.15, -0.1) is 0 Å². The van der Waals surface area contributed by atoms with Gasteiger partial charge in [0.2, 0.25) is 0 Å². The Bertz CT molecular complexity index is 1600. The third kappa shape index (κ3) is 6.59. The largest absolute Gasteiger partial charge is 0.488 e. The Morgan fingerprint density at radius 3 is 1.71 bits per heavy atom. The first-order valence-corrected chi connectivity index (χ1v) is 14.2. The van der Waals surface area contributed by atoms with E-state index in [1.54, 1.807) is 0 Å². The van der Waals surface area contributed by atoms with Crippen molar-refractivity contribution in [3.05, 3.63) is 155 Å². The first-order valence-electron chi connectivity index (χ1n) is 14.2. The molecule has 5 aromatic carbocycles. The predicted molar refractivity (Wildman–Crippen MR) is 163 cm³/mol. The third-order valence-corrected chi connectivity index (χ3v) is 7.34. The minimum absolute atomic E-state index is 0.393. The van der Waals surface area contributed by atoms with Crippen LogP contribution in [0.1, 0.15) is 39.5 Å². The molecule has 0 aromatic heterocycles. The Morgan fingerprint density at radius 2 is 1.14 bits per heavy atom. The number of benzene rings is 5. The van der Waals surface area contributed by atoms with E-state index in [0.29, 0.717) is 37.7 Å². The van der Waals surface area contributed by atoms with Gasteiger partial charge in [0.05, 0.1) is 6.10 Å². The van der Waals surface area contributed by atoms with Crippen molar-refractivity contribution >= 4 is 0 Å². The van der Waals surface area contributed by atoms with E-state index in [4.69, 9.17) is 18.9 Å². The third-order valence-electron chi connectivity index (χ3n) is 7.34. The van der Waals surface area contributed by atoms with Crippen molar-refractivity contribution in [1.82, 2.24) is 0 Å². The Labute approximate surface area is 246 Å². The summed E-state index contributed by atoms with van der Waals surface area (Å²) in [4.78, 5) is 0. The average Bonchev–Trinajstić information content (AvgIpc) is 3.03. The second kappa shape index (κ2) is 12.8. The SMILES string of the molecule is Cc1cc(OCc2ccccc2)c2c(c1)OC(c1ccc(OCc3ccccc3)c(OCc3ccccc3)c1)C(O)C2. The van der Waals surface area contributed by atoms with Crippen LogP contribution in [0.25, 0.3) is 0 Å². The van der Waals surface area contributed by atoms with Crippen LogP contribution in [0.15, 0.2) is 121 Å². The van der Waals surface area contributed by atoms with Crippen LogP contribution >= 0.6 is 0 Å². The molecule has 1 N–H and O–H groups in total. The molecule has 1 aliphatic rings. The van der Waals surface area contributed by atoms with Crippen molar-refractivity contribution in [2.75, 3.05) is 0 Å². The van der Waals surface area contributed by atoms with Crippen LogP contribution in [0.3, 0.4) is 0 Å². The molecule has 0 spiro atoms. The number of hydrogen-bond acceptors (Lipinski definition) is 5. The lowest BCUT2D eigenvalue weighted by Gasteiger charge is -2.32. The highest BCUT2D eigenvalue weighted by molar-refractivity contribution is 5.51. The molecular weight excluding hydrogens is 524 g/mol. The molecule has 1 aliphatic heterocycles. The molecule has 5 nitrogen and oxygen atoms in total. The zero-order valence-electron chi connectivity index (χ0n) is 23.6. The van der Waals surface area contributed by atoms with Crippen LogP contribution in [0.4, 0.5) is 0 Å². The number of hydrogen-bond donors (Lipinski definition) is 1. The number of aryl methyl sites for hydroxylation is 1. The average molecular weight is 559 g/mol. The molecule has 42 heavy (non-hydrogen) atoms. The molecule has 5 aromatic rings. The fourth-order valence-corrected chi connectivity index (χ4v) is 5.15. The van der Waals surface area contributed by atoms with Crippen LogP contribution in [0.2, 0.25) is 0 Å². The van der Waals surface area contributed by atoms with Crippen LogP contribution in [0.5, 0.6) is 23.0 Å². The Morgan fingerprint density at radius 1 is 0.619 bits per heavy atom. The Hall–Kier alpha value is -4.74. The van der Waals surface area contributed by atoms with Gasteiger partial charge in [-0.3, -0.25) is 0 Å². The van der Waals surface area contributed by atoms with Crippen molar-refractivity contribution in [2.45, 2.75) is 45.4 Å². The Balaban J connectivity index is 1.24. The summed E-state index contributed by atoms with van der Waals surface area (Å²) in [7, 11) is 0. The van der Waals surface area contributed by atoms with Crippen molar-refractivity contribution in [3.8, 4) is 23.0 Å². The zero-order valence-corrected chi connectivity index (χ0v) is 23.6. The maximum Gasteiger partial charge on any atom is 0.162 e. The number of fused-ring (bicyclic) bond motifs is 1. The highest BCUT2D eigenvalue weighted by atomic mass is 16.5. The van der Waals surface area contributed by atoms with Gasteiger partial charge in [-0.2, -0.15) is 0 Å². The van der Waals surface area contributed by atoms with Gasteiger partial charge in [0.25, 0.3) is 0 Å². The summed E-state index contributed by atoms with van der Waals surface area (Å²) in [6, 6.07) is 39.9. The molecule has 0 radical (unpaired) electrons. The van der Waals surface area contributed by atoms with Gasteiger partial charge in [0, 0.05) is 12.0 Å². The number of aliphatic hydroxyl groups is 1. The second-order valence-corrected chi connectivity index (χ2v) is 10.6. The maximum absolute atomic E-state index is 11.3. The summed E-state index contributed by atoms with van der Waals surface area (Å²) >= 11 is 0. The van der Waals surface area contributed by atoms with Gasteiger partial charge in [-0.25, -0.2) is 0 Å². The van der Waals surface area contributed by atoms with E-state index in [2.05, 4.69) is 0 Å². The van der Waals surface area contributed by atoms with Crippen molar-refractivity contribution in [1.29, 1.82) is 0 Å². The van der Waals surface area contributed by atoms with Gasteiger partial charge in [-0.1, -0.05) is 97.1 Å². The van der Waals surface area contributed by atoms with Crippen LogP contribution in [-0.2, 0) is 26.2 Å². The molecule has 0 saturated carbocycles. The Kier molecular flexibility index (Phi) is 8.38. The van der Waals surface area contributed by atoms with E-state index in [1.807, 2.05) is 128 Å². The first-order chi connectivity index (χ1) is 20.6. The van der Waals surface area contributed by atoms with Crippen molar-refractivity contribution < 1.29 is 24.1 Å². The molecule has 1 heterocycles. The molecule has 2 atom stereocenters. The standard InChI is InChI=1S/C37H34O5/c1-26-19-34(40-24-28-13-7-3-8-14-28)31-22-32(38)37(42-35(31)20-26)30-17-18-33(39-23-27-11-5-2-6-12-27)36(21-30)41-25-29-15-9-4-10-16-29/h2-21,32,37-38H,22-25H2,1H3. The molecule has 6 rings (SSSR count). The van der Waals surface area contributed by atoms with E-state index in [1.165, 1.54) is 0 Å². The van der Waals surface area contributed by atoms with Gasteiger partial charge in [0.1, 0.15) is 37.4 Å². The van der Waals surface area contributed by atoms with E-state index < -0.39 is 12.2 Å². The fourth-order valence-electron chi connectivity index (χ4n) is 5.15. The van der Waals surface area contributed by atoms with Gasteiger partial charge in [-0.05, 0) is 59.0 Å². The minimum Gasteiger partial charge on any atom is -0.488 e. The summed E-state index contributed by atoms with van der Waals surface area (Å²) in [5.74, 6) is 2.70.